The predicted octanol–water partition coefficient (Wildman–Crippen LogP) is 3.81. The molecule has 0 aliphatic heterocycles. The minimum Gasteiger partial charge on any atom is -0.478 e. The third kappa shape index (κ3) is 3.45. The van der Waals surface area contributed by atoms with Gasteiger partial charge in [-0.25, -0.2) is 4.79 Å². The fourth-order valence-corrected chi connectivity index (χ4v) is 2.33. The largest absolute Gasteiger partial charge is 0.478 e. The summed E-state index contributed by atoms with van der Waals surface area (Å²) in [5, 5.41) is 12.7. The van der Waals surface area contributed by atoms with Crippen molar-refractivity contribution in [1.82, 2.24) is 4.98 Å². The van der Waals surface area contributed by atoms with E-state index in [1.165, 1.54) is 6.07 Å². The molecule has 0 atom stereocenters. The maximum atomic E-state index is 11.0. The summed E-state index contributed by atoms with van der Waals surface area (Å²) >= 11 is 9.39. The van der Waals surface area contributed by atoms with Gasteiger partial charge in [0.25, 0.3) is 0 Å². The Kier molecular flexibility index (Phi) is 4.39. The molecule has 0 bridgehead atoms. The number of aromatic nitrogens is 1. The number of halogens is 2. The molecule has 2 aromatic rings. The first-order chi connectivity index (χ1) is 9.08. The average Bonchev–Trinajstić information content (AvgIpc) is 2.38. The van der Waals surface area contributed by atoms with Crippen LogP contribution in [0.5, 0.6) is 0 Å². The van der Waals surface area contributed by atoms with Crippen LogP contribution in [0, 0.1) is 0 Å². The maximum absolute atomic E-state index is 11.0. The van der Waals surface area contributed by atoms with Gasteiger partial charge in [-0.05, 0) is 30.3 Å². The highest BCUT2D eigenvalue weighted by molar-refractivity contribution is 9.10. The zero-order valence-corrected chi connectivity index (χ0v) is 12.1. The third-order valence-electron chi connectivity index (χ3n) is 2.50. The zero-order chi connectivity index (χ0) is 13.8. The van der Waals surface area contributed by atoms with Crippen LogP contribution in [-0.2, 0) is 6.54 Å². The van der Waals surface area contributed by atoms with Gasteiger partial charge in [-0.1, -0.05) is 27.5 Å². The molecule has 0 fully saturated rings. The fourth-order valence-electron chi connectivity index (χ4n) is 1.59. The Balaban J connectivity index is 2.17. The monoisotopic (exact) mass is 340 g/mol. The zero-order valence-electron chi connectivity index (χ0n) is 9.73. The lowest BCUT2D eigenvalue weighted by Crippen LogP contribution is -2.09. The van der Waals surface area contributed by atoms with Crippen LogP contribution in [-0.4, -0.2) is 16.1 Å². The highest BCUT2D eigenvalue weighted by Crippen LogP contribution is 2.26. The van der Waals surface area contributed by atoms with Crippen molar-refractivity contribution in [2.45, 2.75) is 6.54 Å². The summed E-state index contributed by atoms with van der Waals surface area (Å²) in [6.45, 7) is 0.295. The second-order valence-electron chi connectivity index (χ2n) is 3.78. The second-order valence-corrected chi connectivity index (χ2v) is 5.10. The van der Waals surface area contributed by atoms with Crippen molar-refractivity contribution < 1.29 is 9.90 Å². The van der Waals surface area contributed by atoms with Gasteiger partial charge in [0, 0.05) is 10.7 Å². The van der Waals surface area contributed by atoms with E-state index in [1.54, 1.807) is 18.3 Å². The molecule has 1 aromatic heterocycles. The van der Waals surface area contributed by atoms with E-state index >= 15 is 0 Å². The molecule has 1 heterocycles. The van der Waals surface area contributed by atoms with E-state index in [1.807, 2.05) is 12.1 Å². The topological polar surface area (TPSA) is 62.2 Å². The fraction of sp³-hybridized carbons (Fsp3) is 0.0769. The molecule has 0 radical (unpaired) electrons. The molecule has 2 N–H and O–H groups in total. The van der Waals surface area contributed by atoms with Gasteiger partial charge in [0.05, 0.1) is 28.5 Å². The summed E-state index contributed by atoms with van der Waals surface area (Å²) in [6, 6.07) is 8.55. The highest BCUT2D eigenvalue weighted by atomic mass is 79.9. The Morgan fingerprint density at radius 3 is 2.89 bits per heavy atom. The van der Waals surface area contributed by atoms with Crippen LogP contribution in [0.3, 0.4) is 0 Å². The number of aromatic carboxylic acids is 1. The normalized spacial score (nSPS) is 10.2. The lowest BCUT2D eigenvalue weighted by atomic mass is 10.2. The van der Waals surface area contributed by atoms with Gasteiger partial charge >= 0.3 is 5.97 Å². The molecular formula is C13H10BrClN2O2. The van der Waals surface area contributed by atoms with E-state index in [9.17, 15) is 4.79 Å². The molecule has 0 amide bonds. The lowest BCUT2D eigenvalue weighted by molar-refractivity contribution is 0.0695. The van der Waals surface area contributed by atoms with Crippen LogP contribution in [0.1, 0.15) is 16.1 Å². The molecule has 2 rings (SSSR count). The predicted molar refractivity (Wildman–Crippen MR) is 77.7 cm³/mol. The average molecular weight is 342 g/mol. The van der Waals surface area contributed by atoms with E-state index in [0.717, 1.165) is 10.2 Å². The first kappa shape index (κ1) is 13.8. The first-order valence-electron chi connectivity index (χ1n) is 5.44. The second kappa shape index (κ2) is 6.04. The van der Waals surface area contributed by atoms with E-state index in [4.69, 9.17) is 16.7 Å². The molecule has 98 valence electrons. The van der Waals surface area contributed by atoms with Crippen molar-refractivity contribution >= 4 is 39.2 Å². The van der Waals surface area contributed by atoms with E-state index in [0.29, 0.717) is 17.3 Å². The van der Waals surface area contributed by atoms with Crippen LogP contribution in [0.2, 0.25) is 5.02 Å². The van der Waals surface area contributed by atoms with Crippen molar-refractivity contribution in [2.75, 3.05) is 5.32 Å². The van der Waals surface area contributed by atoms with Crippen LogP contribution >= 0.6 is 27.5 Å². The van der Waals surface area contributed by atoms with Crippen LogP contribution in [0.4, 0.5) is 5.69 Å². The number of carboxylic acids is 1. The molecule has 0 spiro atoms. The number of benzene rings is 1. The van der Waals surface area contributed by atoms with Crippen molar-refractivity contribution in [3.63, 3.8) is 0 Å². The standard InChI is InChI=1S/C13H10BrClN2O2/c14-8-3-4-11(10(15)6-8)17-7-12-9(13(18)19)2-1-5-16-12/h1-6,17H,7H2,(H,18,19). The molecule has 4 nitrogen and oxygen atoms in total. The number of nitrogens with zero attached hydrogens (tertiary/aromatic N) is 1. The summed E-state index contributed by atoms with van der Waals surface area (Å²) in [5.41, 5.74) is 1.38. The molecule has 1 aromatic carbocycles. The Hall–Kier alpha value is -1.59. The highest BCUT2D eigenvalue weighted by Gasteiger charge is 2.10. The quantitative estimate of drug-likeness (QED) is 0.888. The molecule has 0 saturated heterocycles. The van der Waals surface area contributed by atoms with Gasteiger partial charge in [0.2, 0.25) is 0 Å². The van der Waals surface area contributed by atoms with Crippen molar-refractivity contribution in [3.8, 4) is 0 Å². The summed E-state index contributed by atoms with van der Waals surface area (Å²) in [5.74, 6) is -0.994. The van der Waals surface area contributed by atoms with Gasteiger partial charge in [-0.3, -0.25) is 4.98 Å². The third-order valence-corrected chi connectivity index (χ3v) is 3.30. The SMILES string of the molecule is O=C(O)c1cccnc1CNc1ccc(Br)cc1Cl. The molecular weight excluding hydrogens is 332 g/mol. The molecule has 0 aliphatic carbocycles. The number of rotatable bonds is 4. The maximum Gasteiger partial charge on any atom is 0.337 e. The summed E-state index contributed by atoms with van der Waals surface area (Å²) in [7, 11) is 0. The summed E-state index contributed by atoms with van der Waals surface area (Å²) in [6.07, 6.45) is 1.56. The number of nitrogens with one attached hydrogen (secondary N) is 1. The van der Waals surface area contributed by atoms with Gasteiger partial charge in [0.15, 0.2) is 0 Å². The minimum atomic E-state index is -0.994. The van der Waals surface area contributed by atoms with Gasteiger partial charge in [-0.2, -0.15) is 0 Å². The number of carbonyl (C=O) groups is 1. The molecule has 0 unspecified atom stereocenters. The summed E-state index contributed by atoms with van der Waals surface area (Å²) in [4.78, 5) is 15.1. The number of anilines is 1. The molecule has 0 saturated carbocycles. The van der Waals surface area contributed by atoms with Crippen LogP contribution in [0.15, 0.2) is 41.0 Å². The summed E-state index contributed by atoms with van der Waals surface area (Å²) < 4.78 is 0.882. The number of carboxylic acid groups (broad SMARTS) is 1. The van der Waals surface area contributed by atoms with Crippen LogP contribution < -0.4 is 5.32 Å². The van der Waals surface area contributed by atoms with Crippen molar-refractivity contribution in [2.24, 2.45) is 0 Å². The Labute approximate surface area is 123 Å². The number of pyridine rings is 1. The van der Waals surface area contributed by atoms with Crippen LogP contribution in [0.25, 0.3) is 0 Å². The van der Waals surface area contributed by atoms with Crippen molar-refractivity contribution in [3.05, 3.63) is 57.3 Å². The minimum absolute atomic E-state index is 0.184. The smallest absolute Gasteiger partial charge is 0.337 e. The lowest BCUT2D eigenvalue weighted by Gasteiger charge is -2.09. The number of hydrogen-bond donors (Lipinski definition) is 2. The molecule has 0 aliphatic rings. The van der Waals surface area contributed by atoms with Gasteiger partial charge in [0.1, 0.15) is 0 Å². The Bertz CT molecular complexity index is 619. The van der Waals surface area contributed by atoms with E-state index in [-0.39, 0.29) is 5.56 Å². The van der Waals surface area contributed by atoms with Gasteiger partial charge in [-0.15, -0.1) is 0 Å². The van der Waals surface area contributed by atoms with Gasteiger partial charge < -0.3 is 10.4 Å². The first-order valence-corrected chi connectivity index (χ1v) is 6.61. The molecule has 6 heteroatoms. The van der Waals surface area contributed by atoms with Crippen molar-refractivity contribution in [1.29, 1.82) is 0 Å². The Morgan fingerprint density at radius 2 is 2.21 bits per heavy atom. The van der Waals surface area contributed by atoms with E-state index < -0.39 is 5.97 Å². The Morgan fingerprint density at radius 1 is 1.42 bits per heavy atom. The number of hydrogen-bond acceptors (Lipinski definition) is 3. The molecule has 19 heavy (non-hydrogen) atoms. The van der Waals surface area contributed by atoms with E-state index in [2.05, 4.69) is 26.2 Å².